The van der Waals surface area contributed by atoms with E-state index in [0.717, 1.165) is 16.4 Å². The Labute approximate surface area is 139 Å². The quantitative estimate of drug-likeness (QED) is 0.936. The van der Waals surface area contributed by atoms with Crippen molar-refractivity contribution in [2.75, 3.05) is 20.2 Å². The number of carbonyl (C=O) groups excluding carboxylic acids is 1. The molecule has 1 aliphatic rings. The maximum atomic E-state index is 12.2. The summed E-state index contributed by atoms with van der Waals surface area (Å²) in [5.74, 6) is 1.48. The van der Waals surface area contributed by atoms with E-state index >= 15 is 0 Å². The monoisotopic (exact) mass is 332 g/mol. The van der Waals surface area contributed by atoms with Crippen molar-refractivity contribution in [3.63, 3.8) is 0 Å². The van der Waals surface area contributed by atoms with Gasteiger partial charge in [-0.3, -0.25) is 0 Å². The minimum atomic E-state index is -0.162. The fourth-order valence-electron chi connectivity index (χ4n) is 2.42. The molecule has 1 aromatic heterocycles. The number of nitrogens with zero attached hydrogens (tertiary/aromatic N) is 1. The molecule has 1 atom stereocenters. The molecule has 122 valence electrons. The number of hydrogen-bond donors (Lipinski definition) is 1. The number of thiophene rings is 1. The van der Waals surface area contributed by atoms with Gasteiger partial charge in [0, 0.05) is 16.8 Å². The van der Waals surface area contributed by atoms with Crippen molar-refractivity contribution in [1.82, 2.24) is 10.2 Å². The average Bonchev–Trinajstić information content (AvgIpc) is 2.98. The molecular formula is C17H20N2O3S. The molecular weight excluding hydrogens is 312 g/mol. The Morgan fingerprint density at radius 1 is 1.30 bits per heavy atom. The van der Waals surface area contributed by atoms with Gasteiger partial charge in [-0.1, -0.05) is 12.1 Å². The van der Waals surface area contributed by atoms with Crippen LogP contribution in [0, 0.1) is 6.92 Å². The SMILES string of the molecule is Cc1ccc(CNC(=O)N(C)C[C@H]2COc3ccccc3O2)s1. The number of nitrogens with one attached hydrogen (secondary N) is 1. The predicted molar refractivity (Wildman–Crippen MR) is 90.3 cm³/mol. The minimum Gasteiger partial charge on any atom is -0.486 e. The Morgan fingerprint density at radius 3 is 2.83 bits per heavy atom. The van der Waals surface area contributed by atoms with Crippen molar-refractivity contribution in [1.29, 1.82) is 0 Å². The third kappa shape index (κ3) is 3.96. The van der Waals surface area contributed by atoms with E-state index in [1.807, 2.05) is 30.3 Å². The molecule has 2 heterocycles. The second-order valence-corrected chi connectivity index (χ2v) is 6.92. The molecule has 23 heavy (non-hydrogen) atoms. The van der Waals surface area contributed by atoms with E-state index in [0.29, 0.717) is 19.7 Å². The van der Waals surface area contributed by atoms with Crippen LogP contribution in [0.15, 0.2) is 36.4 Å². The van der Waals surface area contributed by atoms with Gasteiger partial charge in [0.25, 0.3) is 0 Å². The van der Waals surface area contributed by atoms with Gasteiger partial charge in [-0.2, -0.15) is 0 Å². The van der Waals surface area contributed by atoms with Crippen LogP contribution in [0.25, 0.3) is 0 Å². The first kappa shape index (κ1) is 15.7. The van der Waals surface area contributed by atoms with Gasteiger partial charge in [-0.25, -0.2) is 4.79 Å². The highest BCUT2D eigenvalue weighted by atomic mass is 32.1. The highest BCUT2D eigenvalue weighted by Crippen LogP contribution is 2.30. The number of rotatable bonds is 4. The highest BCUT2D eigenvalue weighted by molar-refractivity contribution is 7.11. The number of aryl methyl sites for hydroxylation is 1. The topological polar surface area (TPSA) is 50.8 Å². The number of benzene rings is 1. The van der Waals surface area contributed by atoms with Crippen molar-refractivity contribution >= 4 is 17.4 Å². The Balaban J connectivity index is 1.49. The first-order valence-electron chi connectivity index (χ1n) is 7.54. The molecule has 6 heteroatoms. The lowest BCUT2D eigenvalue weighted by molar-refractivity contribution is 0.0715. The van der Waals surface area contributed by atoms with Gasteiger partial charge in [0.1, 0.15) is 6.61 Å². The number of ether oxygens (including phenoxy) is 2. The maximum absolute atomic E-state index is 12.2. The summed E-state index contributed by atoms with van der Waals surface area (Å²) in [5, 5.41) is 2.92. The van der Waals surface area contributed by atoms with Gasteiger partial charge in [0.05, 0.1) is 13.1 Å². The van der Waals surface area contributed by atoms with Crippen LogP contribution in [0.1, 0.15) is 9.75 Å². The lowest BCUT2D eigenvalue weighted by Crippen LogP contribution is -2.45. The molecule has 3 rings (SSSR count). The Bertz CT molecular complexity index is 686. The van der Waals surface area contributed by atoms with Crippen molar-refractivity contribution < 1.29 is 14.3 Å². The number of hydrogen-bond acceptors (Lipinski definition) is 4. The van der Waals surface area contributed by atoms with Crippen LogP contribution in [-0.4, -0.2) is 37.2 Å². The smallest absolute Gasteiger partial charge is 0.317 e. The van der Waals surface area contributed by atoms with E-state index < -0.39 is 0 Å². The summed E-state index contributed by atoms with van der Waals surface area (Å²) in [4.78, 5) is 16.2. The summed E-state index contributed by atoms with van der Waals surface area (Å²) in [5.41, 5.74) is 0. The van der Waals surface area contributed by atoms with E-state index in [-0.39, 0.29) is 12.1 Å². The molecule has 2 amide bonds. The molecule has 0 saturated carbocycles. The van der Waals surface area contributed by atoms with Gasteiger partial charge in [0.15, 0.2) is 17.6 Å². The molecule has 0 unspecified atom stereocenters. The zero-order chi connectivity index (χ0) is 16.2. The molecule has 1 aliphatic heterocycles. The number of carbonyl (C=O) groups is 1. The number of likely N-dealkylation sites (N-methyl/N-ethyl adjacent to an activating group) is 1. The van der Waals surface area contributed by atoms with Crippen LogP contribution in [0.3, 0.4) is 0 Å². The van der Waals surface area contributed by atoms with Gasteiger partial charge < -0.3 is 19.7 Å². The zero-order valence-corrected chi connectivity index (χ0v) is 14.1. The zero-order valence-electron chi connectivity index (χ0n) is 13.2. The summed E-state index contributed by atoms with van der Waals surface area (Å²) >= 11 is 1.69. The van der Waals surface area contributed by atoms with Crippen molar-refractivity contribution in [2.24, 2.45) is 0 Å². The summed E-state index contributed by atoms with van der Waals surface area (Å²) in [7, 11) is 1.76. The molecule has 0 aliphatic carbocycles. The summed E-state index contributed by atoms with van der Waals surface area (Å²) < 4.78 is 11.5. The molecule has 0 bridgehead atoms. The molecule has 5 nitrogen and oxygen atoms in total. The number of fused-ring (bicyclic) bond motifs is 1. The Hall–Kier alpha value is -2.21. The van der Waals surface area contributed by atoms with Crippen LogP contribution in [0.2, 0.25) is 0 Å². The number of amides is 2. The molecule has 0 saturated heterocycles. The Morgan fingerprint density at radius 2 is 2.09 bits per heavy atom. The van der Waals surface area contributed by atoms with Gasteiger partial charge >= 0.3 is 6.03 Å². The summed E-state index contributed by atoms with van der Waals surface area (Å²) in [6, 6.07) is 11.6. The van der Waals surface area contributed by atoms with E-state index in [9.17, 15) is 4.79 Å². The minimum absolute atomic E-state index is 0.112. The second-order valence-electron chi connectivity index (χ2n) is 5.55. The Kier molecular flexibility index (Phi) is 4.71. The van der Waals surface area contributed by atoms with E-state index in [2.05, 4.69) is 18.3 Å². The lowest BCUT2D eigenvalue weighted by Gasteiger charge is -2.29. The first-order chi connectivity index (χ1) is 11.1. The molecule has 1 aromatic carbocycles. The van der Waals surface area contributed by atoms with Crippen LogP contribution in [0.5, 0.6) is 11.5 Å². The van der Waals surface area contributed by atoms with Gasteiger partial charge in [-0.05, 0) is 31.2 Å². The summed E-state index contributed by atoms with van der Waals surface area (Å²) in [6.45, 7) is 3.52. The standard InChI is InChI=1S/C17H20N2O3S/c1-12-7-8-14(23-12)9-18-17(20)19(2)10-13-11-21-15-5-3-4-6-16(15)22-13/h3-8,13H,9-11H2,1-2H3,(H,18,20)/t13-/m0/s1. The summed E-state index contributed by atoms with van der Waals surface area (Å²) in [6.07, 6.45) is -0.162. The first-order valence-corrected chi connectivity index (χ1v) is 8.36. The largest absolute Gasteiger partial charge is 0.486 e. The van der Waals surface area contributed by atoms with Crippen LogP contribution < -0.4 is 14.8 Å². The third-order valence-corrected chi connectivity index (χ3v) is 4.60. The number of para-hydroxylation sites is 2. The average molecular weight is 332 g/mol. The van der Waals surface area contributed by atoms with Crippen LogP contribution >= 0.6 is 11.3 Å². The fourth-order valence-corrected chi connectivity index (χ4v) is 3.25. The normalized spacial score (nSPS) is 16.0. The fraction of sp³-hybridized carbons (Fsp3) is 0.353. The van der Waals surface area contributed by atoms with Crippen LogP contribution in [0.4, 0.5) is 4.79 Å². The lowest BCUT2D eigenvalue weighted by atomic mass is 10.2. The van der Waals surface area contributed by atoms with Crippen molar-refractivity contribution in [2.45, 2.75) is 19.6 Å². The van der Waals surface area contributed by atoms with E-state index in [4.69, 9.17) is 9.47 Å². The van der Waals surface area contributed by atoms with Gasteiger partial charge in [0.2, 0.25) is 0 Å². The second kappa shape index (κ2) is 6.91. The van der Waals surface area contributed by atoms with Crippen molar-refractivity contribution in [3.05, 3.63) is 46.2 Å². The molecule has 2 aromatic rings. The van der Waals surface area contributed by atoms with E-state index in [1.54, 1.807) is 23.3 Å². The molecule has 0 radical (unpaired) electrons. The highest BCUT2D eigenvalue weighted by Gasteiger charge is 2.23. The van der Waals surface area contributed by atoms with Crippen LogP contribution in [-0.2, 0) is 6.54 Å². The van der Waals surface area contributed by atoms with E-state index in [1.165, 1.54) is 4.88 Å². The predicted octanol–water partition coefficient (Wildman–Crippen LogP) is 3.04. The maximum Gasteiger partial charge on any atom is 0.317 e. The third-order valence-electron chi connectivity index (χ3n) is 3.60. The van der Waals surface area contributed by atoms with Gasteiger partial charge in [-0.15, -0.1) is 11.3 Å². The molecule has 0 spiro atoms. The van der Waals surface area contributed by atoms with Crippen molar-refractivity contribution in [3.8, 4) is 11.5 Å². The molecule has 0 fully saturated rings. The number of urea groups is 1. The molecule has 1 N–H and O–H groups in total.